The van der Waals surface area contributed by atoms with E-state index in [9.17, 15) is 15.0 Å². The van der Waals surface area contributed by atoms with Gasteiger partial charge in [0.05, 0.1) is 0 Å². The number of hydrogen-bond acceptors (Lipinski definition) is 3. The first-order chi connectivity index (χ1) is 11.6. The van der Waals surface area contributed by atoms with Crippen LogP contribution in [0.15, 0.2) is 54.1 Å². The zero-order chi connectivity index (χ0) is 16.7. The third kappa shape index (κ3) is 2.41. The summed E-state index contributed by atoms with van der Waals surface area (Å²) in [6.45, 7) is 0. The molecule has 0 spiro atoms. The minimum atomic E-state index is -0.174. The molecule has 3 nitrogen and oxygen atoms in total. The quantitative estimate of drug-likeness (QED) is 0.884. The molecule has 2 aliphatic rings. The van der Waals surface area contributed by atoms with Crippen molar-refractivity contribution in [1.29, 1.82) is 0 Å². The molecule has 2 aromatic rings. The zero-order valence-corrected chi connectivity index (χ0v) is 13.5. The second-order valence-electron chi connectivity index (χ2n) is 6.90. The van der Waals surface area contributed by atoms with Gasteiger partial charge in [0.25, 0.3) is 0 Å². The van der Waals surface area contributed by atoms with Crippen LogP contribution in [-0.4, -0.2) is 16.0 Å². The molecule has 0 saturated heterocycles. The minimum Gasteiger partial charge on any atom is -0.508 e. The van der Waals surface area contributed by atoms with Gasteiger partial charge < -0.3 is 10.2 Å². The van der Waals surface area contributed by atoms with Crippen LogP contribution in [0.3, 0.4) is 0 Å². The molecule has 3 heteroatoms. The van der Waals surface area contributed by atoms with Crippen LogP contribution in [0.5, 0.6) is 11.5 Å². The number of benzene rings is 2. The monoisotopic (exact) mass is 320 g/mol. The van der Waals surface area contributed by atoms with E-state index in [0.29, 0.717) is 12.2 Å². The molecule has 0 unspecified atom stereocenters. The number of aryl methyl sites for hydroxylation is 1. The van der Waals surface area contributed by atoms with Gasteiger partial charge in [-0.15, -0.1) is 0 Å². The van der Waals surface area contributed by atoms with E-state index >= 15 is 0 Å². The summed E-state index contributed by atoms with van der Waals surface area (Å²) in [6.07, 6.45) is 5.74. The van der Waals surface area contributed by atoms with Gasteiger partial charge in [0.2, 0.25) is 0 Å². The topological polar surface area (TPSA) is 57.5 Å². The van der Waals surface area contributed by atoms with Crippen LogP contribution in [0.25, 0.3) is 0 Å². The van der Waals surface area contributed by atoms with Gasteiger partial charge in [-0.2, -0.15) is 0 Å². The molecular formula is C21H20O3. The normalized spacial score (nSPS) is 22.5. The van der Waals surface area contributed by atoms with Crippen molar-refractivity contribution in [3.05, 3.63) is 70.8 Å². The lowest BCUT2D eigenvalue weighted by Gasteiger charge is -2.44. The van der Waals surface area contributed by atoms with Crippen molar-refractivity contribution < 1.29 is 15.0 Å². The summed E-state index contributed by atoms with van der Waals surface area (Å²) in [5, 5.41) is 19.4. The van der Waals surface area contributed by atoms with Gasteiger partial charge in [0.15, 0.2) is 5.78 Å². The number of phenols is 2. The van der Waals surface area contributed by atoms with Crippen molar-refractivity contribution in [2.45, 2.75) is 37.5 Å². The van der Waals surface area contributed by atoms with Crippen LogP contribution in [-0.2, 0) is 23.1 Å². The van der Waals surface area contributed by atoms with E-state index in [0.717, 1.165) is 31.2 Å². The number of phenolic OH excluding ortho intramolecular Hbond substituents is 2. The van der Waals surface area contributed by atoms with Gasteiger partial charge >= 0.3 is 0 Å². The number of carbonyl (C=O) groups is 1. The van der Waals surface area contributed by atoms with Gasteiger partial charge in [-0.3, -0.25) is 4.79 Å². The maximum atomic E-state index is 12.0. The standard InChI is InChI=1S/C21H20O3/c22-17-5-1-14(2-6-17)13-21-10-9-19(24)12-16(21)4-3-15-11-18(23)7-8-20(15)21/h1-2,5-8,11-12,22-23H,3-4,9-10,13H2/t21-/m0/s1. The Hall–Kier alpha value is -2.55. The molecule has 0 bridgehead atoms. The molecule has 2 aromatic carbocycles. The fourth-order valence-electron chi connectivity index (χ4n) is 4.30. The van der Waals surface area contributed by atoms with E-state index in [1.807, 2.05) is 30.3 Å². The fourth-order valence-corrected chi connectivity index (χ4v) is 4.30. The molecule has 0 amide bonds. The highest BCUT2D eigenvalue weighted by Gasteiger charge is 2.42. The number of fused-ring (bicyclic) bond motifs is 3. The van der Waals surface area contributed by atoms with Gasteiger partial charge in [0.1, 0.15) is 11.5 Å². The van der Waals surface area contributed by atoms with Crippen LogP contribution in [0.4, 0.5) is 0 Å². The summed E-state index contributed by atoms with van der Waals surface area (Å²) in [6, 6.07) is 13.0. The van der Waals surface area contributed by atoms with Crippen molar-refractivity contribution in [3.8, 4) is 11.5 Å². The van der Waals surface area contributed by atoms with E-state index in [1.54, 1.807) is 18.2 Å². The highest BCUT2D eigenvalue weighted by molar-refractivity contribution is 5.92. The first-order valence-electron chi connectivity index (χ1n) is 8.41. The molecule has 2 aliphatic carbocycles. The number of allylic oxidation sites excluding steroid dienone is 2. The Labute approximate surface area is 141 Å². The summed E-state index contributed by atoms with van der Waals surface area (Å²) >= 11 is 0. The molecule has 0 radical (unpaired) electrons. The molecule has 1 atom stereocenters. The predicted octanol–water partition coefficient (Wildman–Crippen LogP) is 3.81. The molecule has 0 heterocycles. The molecule has 0 saturated carbocycles. The lowest BCUT2D eigenvalue weighted by atomic mass is 9.59. The first-order valence-corrected chi connectivity index (χ1v) is 8.41. The van der Waals surface area contributed by atoms with Crippen molar-refractivity contribution in [3.63, 3.8) is 0 Å². The Balaban J connectivity index is 1.85. The maximum Gasteiger partial charge on any atom is 0.155 e. The van der Waals surface area contributed by atoms with Crippen molar-refractivity contribution in [2.24, 2.45) is 0 Å². The Morgan fingerprint density at radius 2 is 1.67 bits per heavy atom. The molecular weight excluding hydrogens is 300 g/mol. The number of aromatic hydroxyl groups is 2. The summed E-state index contributed by atoms with van der Waals surface area (Å²) in [7, 11) is 0. The molecule has 24 heavy (non-hydrogen) atoms. The Kier molecular flexibility index (Phi) is 3.45. The van der Waals surface area contributed by atoms with Gasteiger partial charge in [-0.1, -0.05) is 23.8 Å². The smallest absolute Gasteiger partial charge is 0.155 e. The van der Waals surface area contributed by atoms with E-state index < -0.39 is 0 Å². The van der Waals surface area contributed by atoms with Crippen LogP contribution >= 0.6 is 0 Å². The molecule has 0 aliphatic heterocycles. The van der Waals surface area contributed by atoms with Crippen molar-refractivity contribution >= 4 is 5.78 Å². The van der Waals surface area contributed by atoms with E-state index in [-0.39, 0.29) is 16.9 Å². The third-order valence-corrected chi connectivity index (χ3v) is 5.46. The Morgan fingerprint density at radius 1 is 0.917 bits per heavy atom. The second kappa shape index (κ2) is 5.52. The van der Waals surface area contributed by atoms with Crippen LogP contribution in [0.2, 0.25) is 0 Å². The van der Waals surface area contributed by atoms with E-state index in [2.05, 4.69) is 0 Å². The van der Waals surface area contributed by atoms with E-state index in [1.165, 1.54) is 16.7 Å². The number of ketones is 1. The average molecular weight is 320 g/mol. The average Bonchev–Trinajstić information content (AvgIpc) is 2.57. The third-order valence-electron chi connectivity index (χ3n) is 5.46. The van der Waals surface area contributed by atoms with Crippen LogP contribution < -0.4 is 0 Å². The Morgan fingerprint density at radius 3 is 2.46 bits per heavy atom. The summed E-state index contributed by atoms with van der Waals surface area (Å²) in [5.41, 5.74) is 4.60. The predicted molar refractivity (Wildman–Crippen MR) is 92.2 cm³/mol. The molecule has 2 N–H and O–H groups in total. The largest absolute Gasteiger partial charge is 0.508 e. The summed E-state index contributed by atoms with van der Waals surface area (Å²) < 4.78 is 0. The molecule has 122 valence electrons. The van der Waals surface area contributed by atoms with Gasteiger partial charge in [0, 0.05) is 11.8 Å². The van der Waals surface area contributed by atoms with Gasteiger partial charge in [-0.25, -0.2) is 0 Å². The fraction of sp³-hybridized carbons (Fsp3) is 0.286. The lowest BCUT2D eigenvalue weighted by molar-refractivity contribution is -0.115. The SMILES string of the molecule is O=C1C=C2CCc3cc(O)ccc3[C@]2(Cc2ccc(O)cc2)CC1. The van der Waals surface area contributed by atoms with Crippen molar-refractivity contribution in [1.82, 2.24) is 0 Å². The number of hydrogen-bond donors (Lipinski definition) is 2. The molecule has 0 fully saturated rings. The summed E-state index contributed by atoms with van der Waals surface area (Å²) in [4.78, 5) is 12.0. The number of rotatable bonds is 2. The van der Waals surface area contributed by atoms with Crippen molar-refractivity contribution in [2.75, 3.05) is 0 Å². The highest BCUT2D eigenvalue weighted by atomic mass is 16.3. The molecule has 4 rings (SSSR count). The van der Waals surface area contributed by atoms with Crippen LogP contribution in [0.1, 0.15) is 36.0 Å². The van der Waals surface area contributed by atoms with E-state index in [4.69, 9.17) is 0 Å². The Bertz CT molecular complexity index is 833. The number of carbonyl (C=O) groups excluding carboxylic acids is 1. The maximum absolute atomic E-state index is 12.0. The van der Waals surface area contributed by atoms with Crippen LogP contribution in [0, 0.1) is 0 Å². The second-order valence-corrected chi connectivity index (χ2v) is 6.90. The highest BCUT2D eigenvalue weighted by Crippen LogP contribution is 2.49. The lowest BCUT2D eigenvalue weighted by Crippen LogP contribution is -2.39. The first kappa shape index (κ1) is 15.0. The summed E-state index contributed by atoms with van der Waals surface area (Å²) in [5.74, 6) is 0.779. The van der Waals surface area contributed by atoms with Gasteiger partial charge in [-0.05, 0) is 72.7 Å². The minimum absolute atomic E-state index is 0.174. The molecule has 0 aromatic heterocycles. The zero-order valence-electron chi connectivity index (χ0n) is 13.5.